The summed E-state index contributed by atoms with van der Waals surface area (Å²) in [4.78, 5) is 10.7. The zero-order valence-electron chi connectivity index (χ0n) is 13.1. The Morgan fingerprint density at radius 3 is 1.85 bits per heavy atom. The number of ether oxygens (including phenoxy) is 4. The number of esters is 1. The molecule has 0 heterocycles. The molecule has 0 fully saturated rings. The number of hydrogen-bond donors (Lipinski definition) is 1. The fourth-order valence-electron chi connectivity index (χ4n) is 1.42. The molecule has 4 atom stereocenters. The van der Waals surface area contributed by atoms with Gasteiger partial charge in [-0.05, 0) is 27.7 Å². The first-order valence-electron chi connectivity index (χ1n) is 6.97. The van der Waals surface area contributed by atoms with Gasteiger partial charge in [0.1, 0.15) is 6.10 Å². The van der Waals surface area contributed by atoms with E-state index in [1.165, 1.54) is 6.92 Å². The second-order valence-corrected chi connectivity index (χ2v) is 5.09. The first-order chi connectivity index (χ1) is 9.31. The van der Waals surface area contributed by atoms with Crippen molar-refractivity contribution in [3.8, 4) is 0 Å². The Labute approximate surface area is 121 Å². The van der Waals surface area contributed by atoms with Gasteiger partial charge in [-0.15, -0.1) is 0 Å². The molecular weight excluding hydrogens is 264 g/mol. The molecule has 0 aromatic rings. The predicted octanol–water partition coefficient (Wildman–Crippen LogP) is 1.15. The molecule has 0 rings (SSSR count). The van der Waals surface area contributed by atoms with Gasteiger partial charge in [0.15, 0.2) is 0 Å². The van der Waals surface area contributed by atoms with E-state index in [-0.39, 0.29) is 24.3 Å². The highest BCUT2D eigenvalue weighted by atomic mass is 16.6. The van der Waals surface area contributed by atoms with Gasteiger partial charge in [-0.1, -0.05) is 0 Å². The van der Waals surface area contributed by atoms with Gasteiger partial charge < -0.3 is 24.1 Å². The molecule has 6 nitrogen and oxygen atoms in total. The molecule has 0 saturated carbocycles. The first-order valence-corrected chi connectivity index (χ1v) is 6.97. The summed E-state index contributed by atoms with van der Waals surface area (Å²) >= 11 is 0. The Morgan fingerprint density at radius 2 is 1.40 bits per heavy atom. The second kappa shape index (κ2) is 11.0. The van der Waals surface area contributed by atoms with Gasteiger partial charge in [-0.3, -0.25) is 4.79 Å². The summed E-state index contributed by atoms with van der Waals surface area (Å²) in [5, 5.41) is 9.08. The molecule has 120 valence electrons. The molecule has 0 spiro atoms. The van der Waals surface area contributed by atoms with Crippen molar-refractivity contribution < 1.29 is 28.8 Å². The van der Waals surface area contributed by atoms with Crippen LogP contribution in [0.3, 0.4) is 0 Å². The van der Waals surface area contributed by atoms with Crippen molar-refractivity contribution in [1.82, 2.24) is 0 Å². The largest absolute Gasteiger partial charge is 0.460 e. The second-order valence-electron chi connectivity index (χ2n) is 5.09. The maximum atomic E-state index is 10.7. The average molecular weight is 292 g/mol. The van der Waals surface area contributed by atoms with Crippen molar-refractivity contribution in [2.75, 3.05) is 26.4 Å². The lowest BCUT2D eigenvalue weighted by Crippen LogP contribution is -2.27. The van der Waals surface area contributed by atoms with Crippen LogP contribution < -0.4 is 0 Å². The summed E-state index contributed by atoms with van der Waals surface area (Å²) in [7, 11) is 0. The van der Waals surface area contributed by atoms with E-state index in [2.05, 4.69) is 0 Å². The summed E-state index contributed by atoms with van der Waals surface area (Å²) < 4.78 is 21.3. The summed E-state index contributed by atoms with van der Waals surface area (Å²) in [5.41, 5.74) is 0. The van der Waals surface area contributed by atoms with Crippen LogP contribution in [0.25, 0.3) is 0 Å². The van der Waals surface area contributed by atoms with Crippen LogP contribution in [0.2, 0.25) is 0 Å². The van der Waals surface area contributed by atoms with Crippen molar-refractivity contribution in [3.63, 3.8) is 0 Å². The third kappa shape index (κ3) is 12.3. The molecule has 0 aliphatic carbocycles. The van der Waals surface area contributed by atoms with Gasteiger partial charge in [0, 0.05) is 6.92 Å². The highest BCUT2D eigenvalue weighted by molar-refractivity contribution is 5.66. The Kier molecular flexibility index (Phi) is 10.6. The summed E-state index contributed by atoms with van der Waals surface area (Å²) in [5.74, 6) is -0.311. The monoisotopic (exact) mass is 292 g/mol. The summed E-state index contributed by atoms with van der Waals surface area (Å²) in [6.07, 6.45) is -0.889. The maximum Gasteiger partial charge on any atom is 0.302 e. The predicted molar refractivity (Wildman–Crippen MR) is 74.6 cm³/mol. The van der Waals surface area contributed by atoms with Gasteiger partial charge in [-0.25, -0.2) is 0 Å². The third-order valence-corrected chi connectivity index (χ3v) is 2.31. The molecule has 4 unspecified atom stereocenters. The molecule has 0 saturated heterocycles. The van der Waals surface area contributed by atoms with Crippen LogP contribution in [0.15, 0.2) is 0 Å². The van der Waals surface area contributed by atoms with Crippen LogP contribution in [0, 0.1) is 0 Å². The van der Waals surface area contributed by atoms with Crippen LogP contribution >= 0.6 is 0 Å². The van der Waals surface area contributed by atoms with Crippen molar-refractivity contribution in [3.05, 3.63) is 0 Å². The Balaban J connectivity index is 3.57. The standard InChI is InChI=1S/C14H28O6/c1-10(15)6-18-11(2)7-17-8-12(3)19-9-13(4)20-14(5)16/h10-13,15H,6-9H2,1-5H3. The lowest BCUT2D eigenvalue weighted by molar-refractivity contribution is -0.150. The van der Waals surface area contributed by atoms with Crippen LogP contribution in [-0.4, -0.2) is 61.9 Å². The number of rotatable bonds is 11. The zero-order valence-corrected chi connectivity index (χ0v) is 13.1. The lowest BCUT2D eigenvalue weighted by Gasteiger charge is -2.19. The normalized spacial score (nSPS) is 17.3. The van der Waals surface area contributed by atoms with Gasteiger partial charge in [0.05, 0.1) is 44.7 Å². The number of aliphatic hydroxyl groups is 1. The minimum atomic E-state index is -0.470. The van der Waals surface area contributed by atoms with Gasteiger partial charge in [-0.2, -0.15) is 0 Å². The molecular formula is C14H28O6. The minimum Gasteiger partial charge on any atom is -0.460 e. The highest BCUT2D eigenvalue weighted by Crippen LogP contribution is 2.00. The van der Waals surface area contributed by atoms with Crippen LogP contribution in [0.4, 0.5) is 0 Å². The molecule has 1 N–H and O–H groups in total. The molecule has 0 aliphatic rings. The molecule has 20 heavy (non-hydrogen) atoms. The van der Waals surface area contributed by atoms with Crippen LogP contribution in [-0.2, 0) is 23.7 Å². The summed E-state index contributed by atoms with van der Waals surface area (Å²) in [6, 6.07) is 0. The third-order valence-electron chi connectivity index (χ3n) is 2.31. The van der Waals surface area contributed by atoms with Gasteiger partial charge in [0.2, 0.25) is 0 Å². The summed E-state index contributed by atoms with van der Waals surface area (Å²) in [6.45, 7) is 10.1. The SMILES string of the molecule is CC(=O)OC(C)COC(C)COCC(C)OCC(C)O. The van der Waals surface area contributed by atoms with E-state index in [4.69, 9.17) is 24.1 Å². The molecule has 0 aromatic carbocycles. The minimum absolute atomic E-state index is 0.0724. The van der Waals surface area contributed by atoms with Gasteiger partial charge >= 0.3 is 5.97 Å². The van der Waals surface area contributed by atoms with E-state index in [9.17, 15) is 4.79 Å². The van der Waals surface area contributed by atoms with Crippen molar-refractivity contribution in [1.29, 1.82) is 0 Å². The molecule has 0 bridgehead atoms. The number of aliphatic hydroxyl groups excluding tert-OH is 1. The molecule has 0 radical (unpaired) electrons. The van der Waals surface area contributed by atoms with Crippen molar-refractivity contribution in [2.45, 2.75) is 59.0 Å². The average Bonchev–Trinajstić information content (AvgIpc) is 2.33. The number of hydrogen-bond acceptors (Lipinski definition) is 6. The lowest BCUT2D eigenvalue weighted by atomic mass is 10.4. The molecule has 0 aromatic heterocycles. The van der Waals surface area contributed by atoms with Crippen molar-refractivity contribution in [2.24, 2.45) is 0 Å². The number of carbonyl (C=O) groups is 1. The van der Waals surface area contributed by atoms with Crippen LogP contribution in [0.1, 0.15) is 34.6 Å². The Hall–Kier alpha value is -0.690. The maximum absolute atomic E-state index is 10.7. The fourth-order valence-corrected chi connectivity index (χ4v) is 1.42. The smallest absolute Gasteiger partial charge is 0.302 e. The van der Waals surface area contributed by atoms with Crippen LogP contribution in [0.5, 0.6) is 0 Å². The molecule has 0 aliphatic heterocycles. The molecule has 0 amide bonds. The Morgan fingerprint density at radius 1 is 0.900 bits per heavy atom. The van der Waals surface area contributed by atoms with E-state index < -0.39 is 6.10 Å². The van der Waals surface area contributed by atoms with E-state index in [1.807, 2.05) is 13.8 Å². The van der Waals surface area contributed by atoms with E-state index in [0.29, 0.717) is 26.4 Å². The van der Waals surface area contributed by atoms with E-state index >= 15 is 0 Å². The Bertz CT molecular complexity index is 256. The van der Waals surface area contributed by atoms with E-state index in [0.717, 1.165) is 0 Å². The first kappa shape index (κ1) is 19.3. The van der Waals surface area contributed by atoms with Gasteiger partial charge in [0.25, 0.3) is 0 Å². The molecule has 6 heteroatoms. The quantitative estimate of drug-likeness (QED) is 0.576. The van der Waals surface area contributed by atoms with E-state index in [1.54, 1.807) is 13.8 Å². The zero-order chi connectivity index (χ0) is 15.5. The highest BCUT2D eigenvalue weighted by Gasteiger charge is 2.10. The number of carbonyl (C=O) groups excluding carboxylic acids is 1. The topological polar surface area (TPSA) is 74.2 Å². The van der Waals surface area contributed by atoms with Crippen molar-refractivity contribution >= 4 is 5.97 Å². The fraction of sp³-hybridized carbons (Fsp3) is 0.929.